The van der Waals surface area contributed by atoms with Gasteiger partial charge in [0.15, 0.2) is 0 Å². The summed E-state index contributed by atoms with van der Waals surface area (Å²) in [7, 11) is 1.34. The highest BCUT2D eigenvalue weighted by molar-refractivity contribution is 9.10. The molecule has 0 spiro atoms. The molecule has 0 saturated heterocycles. The molecule has 0 aliphatic rings. The first-order chi connectivity index (χ1) is 9.61. The molecule has 20 heavy (non-hydrogen) atoms. The smallest absolute Gasteiger partial charge is 0.339 e. The first-order valence-corrected chi connectivity index (χ1v) is 6.82. The number of aromatic nitrogens is 1. The van der Waals surface area contributed by atoms with E-state index in [1.807, 2.05) is 25.1 Å². The second-order valence-corrected chi connectivity index (χ2v) is 5.04. The molecule has 0 aliphatic carbocycles. The van der Waals surface area contributed by atoms with Gasteiger partial charge < -0.3 is 9.47 Å². The predicted molar refractivity (Wildman–Crippen MR) is 78.8 cm³/mol. The Morgan fingerprint density at radius 3 is 2.75 bits per heavy atom. The Morgan fingerprint density at radius 1 is 1.30 bits per heavy atom. The first kappa shape index (κ1) is 14.5. The topological polar surface area (TPSA) is 48.4 Å². The first-order valence-electron chi connectivity index (χ1n) is 6.03. The van der Waals surface area contributed by atoms with Gasteiger partial charge in [0.05, 0.1) is 18.4 Å². The number of halogens is 1. The van der Waals surface area contributed by atoms with Gasteiger partial charge in [0, 0.05) is 16.2 Å². The van der Waals surface area contributed by atoms with E-state index < -0.39 is 5.97 Å². The fourth-order valence-electron chi connectivity index (χ4n) is 1.64. The normalized spacial score (nSPS) is 10.2. The van der Waals surface area contributed by atoms with Crippen LogP contribution in [0, 0.1) is 6.92 Å². The van der Waals surface area contributed by atoms with Crippen LogP contribution in [0.3, 0.4) is 0 Å². The molecule has 2 rings (SSSR count). The Bertz CT molecular complexity index is 611. The minimum Gasteiger partial charge on any atom is -0.487 e. The highest BCUT2D eigenvalue weighted by Crippen LogP contribution is 2.25. The minimum atomic E-state index is -0.396. The van der Waals surface area contributed by atoms with Gasteiger partial charge in [-0.3, -0.25) is 4.98 Å². The van der Waals surface area contributed by atoms with E-state index in [1.54, 1.807) is 12.1 Å². The third-order valence-electron chi connectivity index (χ3n) is 2.84. The van der Waals surface area contributed by atoms with E-state index in [2.05, 4.69) is 25.7 Å². The van der Waals surface area contributed by atoms with Crippen molar-refractivity contribution in [1.29, 1.82) is 0 Å². The zero-order valence-corrected chi connectivity index (χ0v) is 12.8. The molecule has 1 aromatic carbocycles. The van der Waals surface area contributed by atoms with Crippen LogP contribution < -0.4 is 4.74 Å². The van der Waals surface area contributed by atoms with E-state index >= 15 is 0 Å². The molecule has 0 atom stereocenters. The van der Waals surface area contributed by atoms with Crippen molar-refractivity contribution in [2.75, 3.05) is 7.11 Å². The summed E-state index contributed by atoms with van der Waals surface area (Å²) >= 11 is 3.46. The Balaban J connectivity index is 2.04. The van der Waals surface area contributed by atoms with E-state index in [9.17, 15) is 4.79 Å². The highest BCUT2D eigenvalue weighted by Gasteiger charge is 2.07. The van der Waals surface area contributed by atoms with Crippen molar-refractivity contribution in [1.82, 2.24) is 4.98 Å². The maximum atomic E-state index is 11.3. The van der Waals surface area contributed by atoms with Crippen LogP contribution in [0.15, 0.2) is 41.0 Å². The van der Waals surface area contributed by atoms with Crippen molar-refractivity contribution in [3.63, 3.8) is 0 Å². The Morgan fingerprint density at radius 2 is 2.10 bits per heavy atom. The molecule has 0 saturated carbocycles. The van der Waals surface area contributed by atoms with Gasteiger partial charge in [-0.15, -0.1) is 0 Å². The predicted octanol–water partition coefficient (Wildman–Crippen LogP) is 3.52. The summed E-state index contributed by atoms with van der Waals surface area (Å²) in [5.41, 5.74) is 2.21. The fraction of sp³-hybridized carbons (Fsp3) is 0.200. The number of carbonyl (C=O) groups excluding carboxylic acids is 1. The number of pyridine rings is 1. The van der Waals surface area contributed by atoms with Crippen LogP contribution >= 0.6 is 15.9 Å². The molecule has 0 unspecified atom stereocenters. The van der Waals surface area contributed by atoms with Gasteiger partial charge in [-0.2, -0.15) is 0 Å². The van der Waals surface area contributed by atoms with Crippen LogP contribution in [0.1, 0.15) is 21.6 Å². The lowest BCUT2D eigenvalue weighted by atomic mass is 10.2. The molecule has 0 N–H and O–H groups in total. The maximum absolute atomic E-state index is 11.3. The molecule has 5 heteroatoms. The summed E-state index contributed by atoms with van der Waals surface area (Å²) in [5.74, 6) is 0.408. The van der Waals surface area contributed by atoms with Gasteiger partial charge >= 0.3 is 5.97 Å². The van der Waals surface area contributed by atoms with Crippen LogP contribution in [0.25, 0.3) is 0 Å². The van der Waals surface area contributed by atoms with Gasteiger partial charge in [-0.05, 0) is 31.2 Å². The molecule has 0 amide bonds. The standard InChI is InChI=1S/C15H14BrNO3/c1-10-13(16)4-3-5-14(10)20-9-12-7-6-11(8-17-12)15(18)19-2/h3-8H,9H2,1-2H3. The maximum Gasteiger partial charge on any atom is 0.339 e. The molecule has 1 heterocycles. The van der Waals surface area contributed by atoms with Gasteiger partial charge in [-0.25, -0.2) is 4.79 Å². The molecule has 0 radical (unpaired) electrons. The van der Waals surface area contributed by atoms with E-state index in [4.69, 9.17) is 4.74 Å². The van der Waals surface area contributed by atoms with Crippen molar-refractivity contribution in [2.45, 2.75) is 13.5 Å². The van der Waals surface area contributed by atoms with Crippen molar-refractivity contribution in [3.8, 4) is 5.75 Å². The SMILES string of the molecule is COC(=O)c1ccc(COc2cccc(Br)c2C)nc1. The van der Waals surface area contributed by atoms with E-state index in [0.29, 0.717) is 12.2 Å². The number of carbonyl (C=O) groups is 1. The molecule has 0 bridgehead atoms. The summed E-state index contributed by atoms with van der Waals surface area (Å²) in [5, 5.41) is 0. The summed E-state index contributed by atoms with van der Waals surface area (Å²) < 4.78 is 11.3. The summed E-state index contributed by atoms with van der Waals surface area (Å²) in [6.07, 6.45) is 1.48. The zero-order valence-electron chi connectivity index (χ0n) is 11.2. The third kappa shape index (κ3) is 3.36. The number of ether oxygens (including phenoxy) is 2. The van der Waals surface area contributed by atoms with Crippen LogP contribution in [0.2, 0.25) is 0 Å². The Labute approximate surface area is 125 Å². The quantitative estimate of drug-likeness (QED) is 0.802. The number of nitrogens with zero attached hydrogens (tertiary/aromatic N) is 1. The van der Waals surface area contributed by atoms with Crippen molar-refractivity contribution >= 4 is 21.9 Å². The Kier molecular flexibility index (Phi) is 4.74. The van der Waals surface area contributed by atoms with Crippen molar-refractivity contribution in [3.05, 3.63) is 57.8 Å². The third-order valence-corrected chi connectivity index (χ3v) is 3.70. The molecular formula is C15H14BrNO3. The number of benzene rings is 1. The van der Waals surface area contributed by atoms with Crippen LogP contribution in [0.4, 0.5) is 0 Å². The molecule has 0 aliphatic heterocycles. The van der Waals surface area contributed by atoms with Gasteiger partial charge in [-0.1, -0.05) is 22.0 Å². The second kappa shape index (κ2) is 6.52. The number of esters is 1. The fourth-order valence-corrected chi connectivity index (χ4v) is 1.99. The van der Waals surface area contributed by atoms with Gasteiger partial charge in [0.25, 0.3) is 0 Å². The van der Waals surface area contributed by atoms with Crippen molar-refractivity contribution < 1.29 is 14.3 Å². The molecule has 2 aromatic rings. The zero-order chi connectivity index (χ0) is 14.5. The largest absolute Gasteiger partial charge is 0.487 e. The van der Waals surface area contributed by atoms with E-state index in [1.165, 1.54) is 13.3 Å². The monoisotopic (exact) mass is 335 g/mol. The lowest BCUT2D eigenvalue weighted by Crippen LogP contribution is -2.04. The highest BCUT2D eigenvalue weighted by atomic mass is 79.9. The number of rotatable bonds is 4. The lowest BCUT2D eigenvalue weighted by Gasteiger charge is -2.10. The Hall–Kier alpha value is -1.88. The molecule has 1 aromatic heterocycles. The molecule has 104 valence electrons. The summed E-state index contributed by atoms with van der Waals surface area (Å²) in [4.78, 5) is 15.5. The number of methoxy groups -OCH3 is 1. The summed E-state index contributed by atoms with van der Waals surface area (Å²) in [6, 6.07) is 9.21. The average molecular weight is 336 g/mol. The second-order valence-electron chi connectivity index (χ2n) is 4.18. The van der Waals surface area contributed by atoms with Crippen LogP contribution in [-0.2, 0) is 11.3 Å². The average Bonchev–Trinajstić information content (AvgIpc) is 2.48. The van der Waals surface area contributed by atoms with E-state index in [0.717, 1.165) is 21.5 Å². The summed E-state index contributed by atoms with van der Waals surface area (Å²) in [6.45, 7) is 2.33. The van der Waals surface area contributed by atoms with Crippen LogP contribution in [-0.4, -0.2) is 18.1 Å². The van der Waals surface area contributed by atoms with Gasteiger partial charge in [0.1, 0.15) is 12.4 Å². The van der Waals surface area contributed by atoms with Gasteiger partial charge in [0.2, 0.25) is 0 Å². The van der Waals surface area contributed by atoms with Crippen LogP contribution in [0.5, 0.6) is 5.75 Å². The number of hydrogen-bond donors (Lipinski definition) is 0. The van der Waals surface area contributed by atoms with Crippen molar-refractivity contribution in [2.24, 2.45) is 0 Å². The molecular weight excluding hydrogens is 322 g/mol. The molecule has 4 nitrogen and oxygen atoms in total. The minimum absolute atomic E-state index is 0.346. The molecule has 0 fully saturated rings. The lowest BCUT2D eigenvalue weighted by molar-refractivity contribution is 0.0600. The number of hydrogen-bond acceptors (Lipinski definition) is 4. The van der Waals surface area contributed by atoms with E-state index in [-0.39, 0.29) is 0 Å².